The van der Waals surface area contributed by atoms with Crippen molar-refractivity contribution >= 4 is 22.5 Å². The van der Waals surface area contributed by atoms with Gasteiger partial charge >= 0.3 is 0 Å². The summed E-state index contributed by atoms with van der Waals surface area (Å²) < 4.78 is 0. The lowest BCUT2D eigenvalue weighted by Gasteiger charge is -2.26. The van der Waals surface area contributed by atoms with E-state index in [4.69, 9.17) is 0 Å². The molecule has 0 aliphatic carbocycles. The van der Waals surface area contributed by atoms with Crippen LogP contribution in [0.5, 0.6) is 0 Å². The van der Waals surface area contributed by atoms with Crippen LogP contribution in [0.3, 0.4) is 0 Å². The Morgan fingerprint density at radius 3 is 3.00 bits per heavy atom. The highest BCUT2D eigenvalue weighted by Gasteiger charge is 2.09. The molecule has 4 heteroatoms. The molecule has 0 amide bonds. The zero-order valence-electron chi connectivity index (χ0n) is 11.7. The second-order valence-electron chi connectivity index (χ2n) is 5.14. The Balaban J connectivity index is 1.52. The fraction of sp³-hybridized carbons (Fsp3) is 0.438. The second kappa shape index (κ2) is 7.07. The SMILES string of the molecule is c1cc(CNCCN2CCSCC2)c2ccncc2c1. The van der Waals surface area contributed by atoms with Gasteiger partial charge in [-0.3, -0.25) is 4.98 Å². The first-order chi connectivity index (χ1) is 9.93. The van der Waals surface area contributed by atoms with E-state index in [1.165, 1.54) is 40.9 Å². The maximum Gasteiger partial charge on any atom is 0.0346 e. The van der Waals surface area contributed by atoms with E-state index in [0.717, 1.165) is 19.6 Å². The molecule has 20 heavy (non-hydrogen) atoms. The minimum Gasteiger partial charge on any atom is -0.311 e. The molecule has 1 saturated heterocycles. The summed E-state index contributed by atoms with van der Waals surface area (Å²) in [4.78, 5) is 6.73. The molecule has 2 heterocycles. The molecular weight excluding hydrogens is 266 g/mol. The van der Waals surface area contributed by atoms with Gasteiger partial charge in [-0.2, -0.15) is 11.8 Å². The van der Waals surface area contributed by atoms with Crippen molar-refractivity contribution in [1.29, 1.82) is 0 Å². The number of aromatic nitrogens is 1. The Morgan fingerprint density at radius 2 is 2.10 bits per heavy atom. The van der Waals surface area contributed by atoms with Gasteiger partial charge in [0.15, 0.2) is 0 Å². The van der Waals surface area contributed by atoms with Crippen LogP contribution in [0.4, 0.5) is 0 Å². The van der Waals surface area contributed by atoms with Crippen LogP contribution >= 0.6 is 11.8 Å². The molecular formula is C16H21N3S. The molecule has 1 N–H and O–H groups in total. The summed E-state index contributed by atoms with van der Waals surface area (Å²) in [6.07, 6.45) is 3.81. The van der Waals surface area contributed by atoms with Crippen molar-refractivity contribution in [1.82, 2.24) is 15.2 Å². The third kappa shape index (κ3) is 3.51. The number of nitrogens with one attached hydrogen (secondary N) is 1. The first kappa shape index (κ1) is 13.9. The van der Waals surface area contributed by atoms with Crippen molar-refractivity contribution in [2.24, 2.45) is 0 Å². The van der Waals surface area contributed by atoms with Gasteiger partial charge in [0.1, 0.15) is 0 Å². The Labute approximate surface area is 124 Å². The lowest BCUT2D eigenvalue weighted by atomic mass is 10.1. The highest BCUT2D eigenvalue weighted by molar-refractivity contribution is 7.99. The van der Waals surface area contributed by atoms with E-state index < -0.39 is 0 Å². The zero-order valence-corrected chi connectivity index (χ0v) is 12.5. The van der Waals surface area contributed by atoms with Crippen LogP contribution in [-0.4, -0.2) is 47.6 Å². The van der Waals surface area contributed by atoms with Crippen LogP contribution in [0.1, 0.15) is 5.56 Å². The molecule has 1 aliphatic heterocycles. The summed E-state index contributed by atoms with van der Waals surface area (Å²) in [5.41, 5.74) is 1.36. The van der Waals surface area contributed by atoms with Crippen LogP contribution in [0.25, 0.3) is 10.8 Å². The van der Waals surface area contributed by atoms with Crippen LogP contribution < -0.4 is 5.32 Å². The molecule has 1 aromatic carbocycles. The smallest absolute Gasteiger partial charge is 0.0346 e. The predicted octanol–water partition coefficient (Wildman–Crippen LogP) is 2.37. The first-order valence-electron chi connectivity index (χ1n) is 7.26. The topological polar surface area (TPSA) is 28.2 Å². The maximum absolute atomic E-state index is 4.18. The van der Waals surface area contributed by atoms with E-state index in [2.05, 4.69) is 51.2 Å². The van der Waals surface area contributed by atoms with Gasteiger partial charge in [-0.05, 0) is 17.0 Å². The number of nitrogens with zero attached hydrogens (tertiary/aromatic N) is 2. The van der Waals surface area contributed by atoms with Crippen LogP contribution in [0, 0.1) is 0 Å². The van der Waals surface area contributed by atoms with E-state index >= 15 is 0 Å². The van der Waals surface area contributed by atoms with Crippen molar-refractivity contribution < 1.29 is 0 Å². The lowest BCUT2D eigenvalue weighted by Crippen LogP contribution is -2.37. The average molecular weight is 287 g/mol. The largest absolute Gasteiger partial charge is 0.311 e. The van der Waals surface area contributed by atoms with Gasteiger partial charge in [-0.15, -0.1) is 0 Å². The molecule has 1 fully saturated rings. The number of benzene rings is 1. The summed E-state index contributed by atoms with van der Waals surface area (Å²) in [7, 11) is 0. The van der Waals surface area contributed by atoms with Crippen molar-refractivity contribution in [3.63, 3.8) is 0 Å². The maximum atomic E-state index is 4.18. The fourth-order valence-electron chi connectivity index (χ4n) is 2.63. The minimum absolute atomic E-state index is 0.934. The number of hydrogen-bond acceptors (Lipinski definition) is 4. The summed E-state index contributed by atoms with van der Waals surface area (Å²) in [5, 5.41) is 6.10. The van der Waals surface area contributed by atoms with E-state index in [1.807, 2.05) is 12.4 Å². The van der Waals surface area contributed by atoms with E-state index in [9.17, 15) is 0 Å². The van der Waals surface area contributed by atoms with Gasteiger partial charge in [0, 0.05) is 62.0 Å². The summed E-state index contributed by atoms with van der Waals surface area (Å²) in [5.74, 6) is 2.58. The standard InChI is InChI=1S/C16H21N3S/c1-2-14-12-17-5-4-16(14)15(3-1)13-18-6-7-19-8-10-20-11-9-19/h1-5,12,18H,6-11,13H2. The summed E-state index contributed by atoms with van der Waals surface area (Å²) in [6.45, 7) is 5.64. The fourth-order valence-corrected chi connectivity index (χ4v) is 3.61. The van der Waals surface area contributed by atoms with Crippen molar-refractivity contribution in [3.05, 3.63) is 42.2 Å². The van der Waals surface area contributed by atoms with E-state index in [0.29, 0.717) is 0 Å². The first-order valence-corrected chi connectivity index (χ1v) is 8.41. The predicted molar refractivity (Wildman–Crippen MR) is 87.2 cm³/mol. The molecule has 3 rings (SSSR count). The Morgan fingerprint density at radius 1 is 1.20 bits per heavy atom. The summed E-state index contributed by atoms with van der Waals surface area (Å²) >= 11 is 2.07. The highest BCUT2D eigenvalue weighted by atomic mass is 32.2. The lowest BCUT2D eigenvalue weighted by molar-refractivity contribution is 0.301. The number of pyridine rings is 1. The van der Waals surface area contributed by atoms with Gasteiger partial charge in [0.25, 0.3) is 0 Å². The monoisotopic (exact) mass is 287 g/mol. The van der Waals surface area contributed by atoms with Gasteiger partial charge < -0.3 is 10.2 Å². The van der Waals surface area contributed by atoms with Crippen molar-refractivity contribution in [3.8, 4) is 0 Å². The Kier molecular flexibility index (Phi) is 4.90. The molecule has 0 spiro atoms. The van der Waals surface area contributed by atoms with E-state index in [-0.39, 0.29) is 0 Å². The molecule has 0 unspecified atom stereocenters. The number of rotatable bonds is 5. The van der Waals surface area contributed by atoms with Crippen LogP contribution in [-0.2, 0) is 6.54 Å². The molecule has 106 valence electrons. The average Bonchev–Trinajstić information content (AvgIpc) is 2.53. The summed E-state index contributed by atoms with van der Waals surface area (Å²) in [6, 6.07) is 8.54. The molecule has 0 radical (unpaired) electrons. The second-order valence-corrected chi connectivity index (χ2v) is 6.37. The number of thioether (sulfide) groups is 1. The van der Waals surface area contributed by atoms with E-state index in [1.54, 1.807) is 0 Å². The Bertz CT molecular complexity index is 547. The molecule has 1 aromatic heterocycles. The van der Waals surface area contributed by atoms with Gasteiger partial charge in [-0.1, -0.05) is 18.2 Å². The zero-order chi connectivity index (χ0) is 13.6. The van der Waals surface area contributed by atoms with Crippen LogP contribution in [0.2, 0.25) is 0 Å². The van der Waals surface area contributed by atoms with Gasteiger partial charge in [0.2, 0.25) is 0 Å². The van der Waals surface area contributed by atoms with Crippen molar-refractivity contribution in [2.75, 3.05) is 37.7 Å². The third-order valence-electron chi connectivity index (χ3n) is 3.80. The normalized spacial score (nSPS) is 16.6. The third-order valence-corrected chi connectivity index (χ3v) is 4.74. The van der Waals surface area contributed by atoms with Gasteiger partial charge in [-0.25, -0.2) is 0 Å². The minimum atomic E-state index is 0.934. The molecule has 0 atom stereocenters. The molecule has 0 saturated carbocycles. The number of hydrogen-bond donors (Lipinski definition) is 1. The van der Waals surface area contributed by atoms with Crippen molar-refractivity contribution in [2.45, 2.75) is 6.54 Å². The number of fused-ring (bicyclic) bond motifs is 1. The quantitative estimate of drug-likeness (QED) is 0.855. The Hall–Kier alpha value is -1.10. The molecule has 1 aliphatic rings. The van der Waals surface area contributed by atoms with Crippen LogP contribution in [0.15, 0.2) is 36.7 Å². The van der Waals surface area contributed by atoms with Gasteiger partial charge in [0.05, 0.1) is 0 Å². The highest BCUT2D eigenvalue weighted by Crippen LogP contribution is 2.17. The molecule has 0 bridgehead atoms. The molecule has 3 nitrogen and oxygen atoms in total. The molecule has 2 aromatic rings.